The van der Waals surface area contributed by atoms with E-state index in [4.69, 9.17) is 0 Å². The number of rotatable bonds is 9. The fourth-order valence-corrected chi connectivity index (χ4v) is 4.53. The average molecular weight is 499 g/mol. The van der Waals surface area contributed by atoms with Crippen LogP contribution in [0, 0.1) is 18.8 Å². The molecule has 2 aliphatic rings. The molecule has 35 heavy (non-hydrogen) atoms. The Labute approximate surface area is 199 Å². The van der Waals surface area contributed by atoms with Crippen molar-refractivity contribution in [1.82, 2.24) is 0 Å². The van der Waals surface area contributed by atoms with Crippen LogP contribution < -0.4 is 14.8 Å². The minimum absolute atomic E-state index is 0.0112. The molecule has 0 bridgehead atoms. The number of anilines is 1. The van der Waals surface area contributed by atoms with Crippen LogP contribution in [-0.4, -0.2) is 30.1 Å². The second-order valence-electron chi connectivity index (χ2n) is 9.31. The zero-order valence-electron chi connectivity index (χ0n) is 19.2. The smallest absolute Gasteiger partial charge is 0.481 e. The number of aryl methyl sites for hydroxylation is 1. The maximum atomic E-state index is 13.7. The third-order valence-corrected chi connectivity index (χ3v) is 6.76. The molecule has 1 aliphatic heterocycles. The summed E-state index contributed by atoms with van der Waals surface area (Å²) in [5.41, 5.74) is 2.40. The summed E-state index contributed by atoms with van der Waals surface area (Å²) in [5, 5.41) is 12.4. The van der Waals surface area contributed by atoms with Crippen LogP contribution >= 0.6 is 0 Å². The topological polar surface area (TPSA) is 67.8 Å². The summed E-state index contributed by atoms with van der Waals surface area (Å²) in [6.45, 7) is 2.72. The summed E-state index contributed by atoms with van der Waals surface area (Å²) in [6.07, 6.45) is -6.51. The maximum Gasteiger partial charge on any atom is 0.586 e. The van der Waals surface area contributed by atoms with Gasteiger partial charge in [0.05, 0.1) is 12.3 Å². The molecule has 1 aliphatic carbocycles. The fourth-order valence-electron chi connectivity index (χ4n) is 4.53. The minimum Gasteiger partial charge on any atom is -0.481 e. The molecule has 1 saturated carbocycles. The standard InChI is InChI=1S/C25H26F5NO4/c1-13-3-4-16(18(11-23(32)33)15-5-6-15)9-20(13)31-12-19(14(2)24(26,27)28)17-7-8-21-22(10-17)35-25(29,30)34-21/h3-4,7-10,14-15,18-19,31H,5-6,11-12H2,1-2H3,(H,32,33)/t14-,18+,19-/m1/s1. The summed E-state index contributed by atoms with van der Waals surface area (Å²) in [7, 11) is 0. The third-order valence-electron chi connectivity index (χ3n) is 6.76. The number of benzene rings is 2. The molecule has 0 saturated heterocycles. The molecule has 3 atom stereocenters. The van der Waals surface area contributed by atoms with Gasteiger partial charge in [0.1, 0.15) is 0 Å². The predicted molar refractivity (Wildman–Crippen MR) is 118 cm³/mol. The lowest BCUT2D eigenvalue weighted by Gasteiger charge is -2.28. The van der Waals surface area contributed by atoms with Crippen molar-refractivity contribution in [3.05, 3.63) is 53.1 Å². The lowest BCUT2D eigenvalue weighted by atomic mass is 9.86. The number of hydrogen-bond donors (Lipinski definition) is 2. The van der Waals surface area contributed by atoms with E-state index in [1.807, 2.05) is 12.1 Å². The number of halogens is 5. The van der Waals surface area contributed by atoms with Crippen molar-refractivity contribution in [2.24, 2.45) is 11.8 Å². The Morgan fingerprint density at radius 2 is 1.77 bits per heavy atom. The number of carboxylic acid groups (broad SMARTS) is 1. The van der Waals surface area contributed by atoms with Gasteiger partial charge >= 0.3 is 18.4 Å². The van der Waals surface area contributed by atoms with E-state index < -0.39 is 30.3 Å². The van der Waals surface area contributed by atoms with E-state index in [0.29, 0.717) is 5.69 Å². The van der Waals surface area contributed by atoms with E-state index in [9.17, 15) is 31.9 Å². The first kappa shape index (κ1) is 25.1. The summed E-state index contributed by atoms with van der Waals surface area (Å²) < 4.78 is 76.7. The van der Waals surface area contributed by atoms with Gasteiger partial charge in [-0.25, -0.2) is 0 Å². The van der Waals surface area contributed by atoms with E-state index in [1.54, 1.807) is 13.0 Å². The first-order chi connectivity index (χ1) is 16.3. The largest absolute Gasteiger partial charge is 0.586 e. The highest BCUT2D eigenvalue weighted by molar-refractivity contribution is 5.68. The Bertz CT molecular complexity index is 1100. The molecule has 0 spiro atoms. The van der Waals surface area contributed by atoms with Crippen molar-refractivity contribution in [3.63, 3.8) is 0 Å². The first-order valence-corrected chi connectivity index (χ1v) is 11.4. The molecule has 4 rings (SSSR count). The molecular formula is C25H26F5NO4. The van der Waals surface area contributed by atoms with Gasteiger partial charge in [0.25, 0.3) is 0 Å². The van der Waals surface area contributed by atoms with Crippen molar-refractivity contribution >= 4 is 11.7 Å². The number of carboxylic acids is 1. The Hall–Kier alpha value is -3.04. The van der Waals surface area contributed by atoms with Crippen LogP contribution in [0.2, 0.25) is 0 Å². The summed E-state index contributed by atoms with van der Waals surface area (Å²) >= 11 is 0. The van der Waals surface area contributed by atoms with Gasteiger partial charge in [0, 0.05) is 18.2 Å². The third kappa shape index (κ3) is 5.79. The molecule has 10 heteroatoms. The van der Waals surface area contributed by atoms with Gasteiger partial charge in [-0.05, 0) is 66.5 Å². The Balaban J connectivity index is 1.59. The summed E-state index contributed by atoms with van der Waals surface area (Å²) in [5.74, 6) is -4.22. The molecule has 2 aromatic rings. The van der Waals surface area contributed by atoms with Crippen molar-refractivity contribution in [1.29, 1.82) is 0 Å². The Morgan fingerprint density at radius 1 is 1.11 bits per heavy atom. The molecule has 1 fully saturated rings. The normalized spacial score (nSPS) is 19.2. The predicted octanol–water partition coefficient (Wildman–Crippen LogP) is 6.68. The highest BCUT2D eigenvalue weighted by Gasteiger charge is 2.45. The summed E-state index contributed by atoms with van der Waals surface area (Å²) in [6, 6.07) is 9.15. The highest BCUT2D eigenvalue weighted by Crippen LogP contribution is 2.46. The van der Waals surface area contributed by atoms with Crippen molar-refractivity contribution in [3.8, 4) is 11.5 Å². The van der Waals surface area contributed by atoms with Crippen LogP contribution in [0.3, 0.4) is 0 Å². The molecule has 190 valence electrons. The fraction of sp³-hybridized carbons (Fsp3) is 0.480. The second-order valence-corrected chi connectivity index (χ2v) is 9.31. The number of nitrogens with one attached hydrogen (secondary N) is 1. The zero-order valence-corrected chi connectivity index (χ0v) is 19.2. The van der Waals surface area contributed by atoms with Gasteiger partial charge < -0.3 is 19.9 Å². The molecule has 0 aromatic heterocycles. The SMILES string of the molecule is Cc1ccc([C@@H](CC(=O)O)C2CC2)cc1NC[C@@H](c1ccc2c(c1)OC(F)(F)O2)[C@@H](C)C(F)(F)F. The number of alkyl halides is 5. The number of hydrogen-bond acceptors (Lipinski definition) is 4. The van der Waals surface area contributed by atoms with Gasteiger partial charge in [-0.1, -0.05) is 25.1 Å². The lowest BCUT2D eigenvalue weighted by Crippen LogP contribution is -2.30. The van der Waals surface area contributed by atoms with Gasteiger partial charge in [-0.2, -0.15) is 13.2 Å². The van der Waals surface area contributed by atoms with Crippen LogP contribution in [0.25, 0.3) is 0 Å². The number of ether oxygens (including phenoxy) is 2. The molecule has 1 heterocycles. The molecule has 5 nitrogen and oxygen atoms in total. The zero-order chi connectivity index (χ0) is 25.5. The van der Waals surface area contributed by atoms with Crippen LogP contribution in [0.15, 0.2) is 36.4 Å². The summed E-state index contributed by atoms with van der Waals surface area (Å²) in [4.78, 5) is 11.3. The molecule has 0 amide bonds. The van der Waals surface area contributed by atoms with Crippen molar-refractivity contribution in [2.45, 2.75) is 57.4 Å². The average Bonchev–Trinajstić information content (AvgIpc) is 3.54. The Kier molecular flexibility index (Phi) is 6.59. The van der Waals surface area contributed by atoms with Crippen molar-refractivity contribution in [2.75, 3.05) is 11.9 Å². The quantitative estimate of drug-likeness (QED) is 0.377. The molecule has 0 unspecified atom stereocenters. The van der Waals surface area contributed by atoms with E-state index in [0.717, 1.165) is 37.0 Å². The van der Waals surface area contributed by atoms with Crippen molar-refractivity contribution < 1.29 is 41.3 Å². The molecule has 2 N–H and O–H groups in total. The van der Waals surface area contributed by atoms with Gasteiger partial charge in [0.15, 0.2) is 11.5 Å². The highest BCUT2D eigenvalue weighted by atomic mass is 19.4. The van der Waals surface area contributed by atoms with E-state index in [-0.39, 0.29) is 41.9 Å². The van der Waals surface area contributed by atoms with Gasteiger partial charge in [-0.15, -0.1) is 8.78 Å². The number of fused-ring (bicyclic) bond motifs is 1. The van der Waals surface area contributed by atoms with E-state index in [2.05, 4.69) is 14.8 Å². The van der Waals surface area contributed by atoms with E-state index >= 15 is 0 Å². The van der Waals surface area contributed by atoms with Crippen LogP contribution in [0.4, 0.5) is 27.6 Å². The van der Waals surface area contributed by atoms with Crippen LogP contribution in [0.5, 0.6) is 11.5 Å². The number of aliphatic carboxylic acids is 1. The van der Waals surface area contributed by atoms with Gasteiger partial charge in [0.2, 0.25) is 0 Å². The monoisotopic (exact) mass is 499 g/mol. The molecule has 2 aromatic carbocycles. The van der Waals surface area contributed by atoms with Crippen LogP contribution in [0.1, 0.15) is 54.7 Å². The molecular weight excluding hydrogens is 473 g/mol. The maximum absolute atomic E-state index is 13.7. The van der Waals surface area contributed by atoms with E-state index in [1.165, 1.54) is 12.1 Å². The first-order valence-electron chi connectivity index (χ1n) is 11.4. The molecule has 0 radical (unpaired) electrons. The Morgan fingerprint density at radius 3 is 2.40 bits per heavy atom. The van der Waals surface area contributed by atoms with Crippen LogP contribution in [-0.2, 0) is 4.79 Å². The minimum atomic E-state index is -4.53. The second kappa shape index (κ2) is 9.20. The number of carbonyl (C=O) groups is 1. The van der Waals surface area contributed by atoms with Gasteiger partial charge in [-0.3, -0.25) is 4.79 Å². The lowest BCUT2D eigenvalue weighted by molar-refractivity contribution is -0.286.